The minimum Gasteiger partial charge on any atom is -0.478 e. The summed E-state index contributed by atoms with van der Waals surface area (Å²) in [4.78, 5) is 28.4. The molecule has 0 fully saturated rings. The monoisotopic (exact) mass is 268 g/mol. The van der Waals surface area contributed by atoms with Gasteiger partial charge in [-0.05, 0) is 24.5 Å². The Labute approximate surface area is 110 Å². The molecular weight excluding hydrogens is 252 g/mol. The molecule has 0 aliphatic carbocycles. The van der Waals surface area contributed by atoms with E-state index in [1.165, 1.54) is 23.4 Å². The maximum Gasteiger partial charge on any atom is 0.338 e. The van der Waals surface area contributed by atoms with Crippen LogP contribution in [0.25, 0.3) is 0 Å². The van der Waals surface area contributed by atoms with Crippen LogP contribution in [0.3, 0.4) is 0 Å². The molecule has 0 aliphatic heterocycles. The second-order valence-electron chi connectivity index (χ2n) is 3.80. The first-order chi connectivity index (χ1) is 8.57. The zero-order valence-electron chi connectivity index (χ0n) is 10.4. The lowest BCUT2D eigenvalue weighted by atomic mass is 10.1. The number of rotatable bonds is 6. The molecule has 1 aromatic rings. The number of aromatic carboxylic acids is 1. The van der Waals surface area contributed by atoms with Gasteiger partial charge in [-0.2, -0.15) is 11.8 Å². The van der Waals surface area contributed by atoms with Gasteiger partial charge < -0.3 is 10.0 Å². The number of carboxylic acid groups (broad SMARTS) is 1. The van der Waals surface area contributed by atoms with Gasteiger partial charge in [0.25, 0.3) is 5.91 Å². The Kier molecular flexibility index (Phi) is 5.64. The van der Waals surface area contributed by atoms with E-state index in [2.05, 4.69) is 4.98 Å². The minimum atomic E-state index is -1.14. The van der Waals surface area contributed by atoms with Crippen LogP contribution in [0.5, 0.6) is 0 Å². The Morgan fingerprint density at radius 1 is 1.44 bits per heavy atom. The minimum absolute atomic E-state index is 0.0563. The van der Waals surface area contributed by atoms with Crippen molar-refractivity contribution in [3.8, 4) is 0 Å². The number of nitrogens with zero attached hydrogens (tertiary/aromatic N) is 2. The number of thioether (sulfide) groups is 1. The number of amides is 1. The van der Waals surface area contributed by atoms with Gasteiger partial charge in [-0.1, -0.05) is 0 Å². The van der Waals surface area contributed by atoms with Crippen LogP contribution in [-0.4, -0.2) is 52.5 Å². The van der Waals surface area contributed by atoms with Crippen molar-refractivity contribution >= 4 is 23.6 Å². The molecule has 5 nitrogen and oxygen atoms in total. The lowest BCUT2D eigenvalue weighted by Gasteiger charge is -2.17. The SMILES string of the molecule is CSCCCN(C)C(=O)c1ccncc1C(=O)O. The van der Waals surface area contributed by atoms with Crippen molar-refractivity contribution in [2.45, 2.75) is 6.42 Å². The number of carboxylic acids is 1. The van der Waals surface area contributed by atoms with Gasteiger partial charge in [0.15, 0.2) is 0 Å². The summed E-state index contributed by atoms with van der Waals surface area (Å²) in [7, 11) is 1.68. The van der Waals surface area contributed by atoms with Gasteiger partial charge in [-0.3, -0.25) is 9.78 Å². The Morgan fingerprint density at radius 2 is 2.17 bits per heavy atom. The summed E-state index contributed by atoms with van der Waals surface area (Å²) in [6.07, 6.45) is 5.52. The van der Waals surface area contributed by atoms with Crippen molar-refractivity contribution in [2.75, 3.05) is 25.6 Å². The largest absolute Gasteiger partial charge is 0.478 e. The first-order valence-corrected chi connectivity index (χ1v) is 6.89. The second-order valence-corrected chi connectivity index (χ2v) is 4.79. The molecule has 1 N–H and O–H groups in total. The van der Waals surface area contributed by atoms with E-state index in [4.69, 9.17) is 5.11 Å². The predicted molar refractivity (Wildman–Crippen MR) is 71.2 cm³/mol. The van der Waals surface area contributed by atoms with E-state index in [1.807, 2.05) is 6.26 Å². The van der Waals surface area contributed by atoms with Crippen molar-refractivity contribution in [1.82, 2.24) is 9.88 Å². The van der Waals surface area contributed by atoms with Crippen LogP contribution in [0.4, 0.5) is 0 Å². The van der Waals surface area contributed by atoms with Crippen molar-refractivity contribution in [3.63, 3.8) is 0 Å². The van der Waals surface area contributed by atoms with Gasteiger partial charge in [0.2, 0.25) is 0 Å². The normalized spacial score (nSPS) is 10.1. The zero-order chi connectivity index (χ0) is 13.5. The van der Waals surface area contributed by atoms with E-state index in [-0.39, 0.29) is 17.0 Å². The molecule has 0 aliphatic rings. The van der Waals surface area contributed by atoms with E-state index in [0.29, 0.717) is 6.54 Å². The van der Waals surface area contributed by atoms with E-state index in [9.17, 15) is 9.59 Å². The van der Waals surface area contributed by atoms with Gasteiger partial charge in [-0.25, -0.2) is 4.79 Å². The predicted octanol–water partition coefficient (Wildman–Crippen LogP) is 1.60. The van der Waals surface area contributed by atoms with Gasteiger partial charge in [-0.15, -0.1) is 0 Å². The third-order valence-electron chi connectivity index (χ3n) is 2.47. The van der Waals surface area contributed by atoms with Gasteiger partial charge >= 0.3 is 5.97 Å². The molecule has 0 saturated heterocycles. The molecule has 1 aromatic heterocycles. The topological polar surface area (TPSA) is 70.5 Å². The fraction of sp³-hybridized carbons (Fsp3) is 0.417. The fourth-order valence-electron chi connectivity index (χ4n) is 1.50. The van der Waals surface area contributed by atoms with E-state index >= 15 is 0 Å². The summed E-state index contributed by atoms with van der Waals surface area (Å²) in [6, 6.07) is 1.44. The Balaban J connectivity index is 2.80. The van der Waals surface area contributed by atoms with Gasteiger partial charge in [0.05, 0.1) is 11.1 Å². The first-order valence-electron chi connectivity index (χ1n) is 5.49. The molecule has 0 spiro atoms. The Morgan fingerprint density at radius 3 is 2.78 bits per heavy atom. The highest BCUT2D eigenvalue weighted by Crippen LogP contribution is 2.10. The molecule has 0 aromatic carbocycles. The lowest BCUT2D eigenvalue weighted by molar-refractivity contribution is 0.0681. The third-order valence-corrected chi connectivity index (χ3v) is 3.17. The molecule has 0 radical (unpaired) electrons. The second kappa shape index (κ2) is 7.00. The smallest absolute Gasteiger partial charge is 0.338 e. The number of hydrogen-bond donors (Lipinski definition) is 1. The van der Waals surface area contributed by atoms with Crippen molar-refractivity contribution < 1.29 is 14.7 Å². The molecule has 1 heterocycles. The highest BCUT2D eigenvalue weighted by molar-refractivity contribution is 7.98. The summed E-state index contributed by atoms with van der Waals surface area (Å²) in [6.45, 7) is 0.612. The standard InChI is InChI=1S/C12H16N2O3S/c1-14(6-3-7-18-2)11(15)9-4-5-13-8-10(9)12(16)17/h4-5,8H,3,6-7H2,1-2H3,(H,16,17). The van der Waals surface area contributed by atoms with Crippen molar-refractivity contribution in [2.24, 2.45) is 0 Å². The molecule has 0 bridgehead atoms. The molecule has 0 unspecified atom stereocenters. The first kappa shape index (κ1) is 14.5. The third kappa shape index (κ3) is 3.73. The maximum atomic E-state index is 12.1. The van der Waals surface area contributed by atoms with E-state index < -0.39 is 5.97 Å². The van der Waals surface area contributed by atoms with E-state index in [1.54, 1.807) is 18.8 Å². The molecule has 1 rings (SSSR count). The molecule has 18 heavy (non-hydrogen) atoms. The highest BCUT2D eigenvalue weighted by Gasteiger charge is 2.19. The number of carbonyl (C=O) groups is 2. The molecule has 0 atom stereocenters. The highest BCUT2D eigenvalue weighted by atomic mass is 32.2. The van der Waals surface area contributed by atoms with Crippen LogP contribution >= 0.6 is 11.8 Å². The van der Waals surface area contributed by atoms with Gasteiger partial charge in [0, 0.05) is 26.0 Å². The van der Waals surface area contributed by atoms with Gasteiger partial charge in [0.1, 0.15) is 0 Å². The lowest BCUT2D eigenvalue weighted by Crippen LogP contribution is -2.29. The van der Waals surface area contributed by atoms with Crippen LogP contribution in [-0.2, 0) is 0 Å². The van der Waals surface area contributed by atoms with Crippen molar-refractivity contribution in [3.05, 3.63) is 29.6 Å². The van der Waals surface area contributed by atoms with Crippen LogP contribution in [0.15, 0.2) is 18.5 Å². The summed E-state index contributed by atoms with van der Waals surface area (Å²) >= 11 is 1.72. The van der Waals surface area contributed by atoms with Crippen LogP contribution in [0.1, 0.15) is 27.1 Å². The summed E-state index contributed by atoms with van der Waals surface area (Å²) in [5, 5.41) is 9.00. The summed E-state index contributed by atoms with van der Waals surface area (Å²) < 4.78 is 0. The zero-order valence-corrected chi connectivity index (χ0v) is 11.2. The Bertz CT molecular complexity index is 437. The molecule has 0 saturated carbocycles. The molecule has 1 amide bonds. The van der Waals surface area contributed by atoms with Crippen molar-refractivity contribution in [1.29, 1.82) is 0 Å². The number of pyridine rings is 1. The van der Waals surface area contributed by atoms with E-state index in [0.717, 1.165) is 12.2 Å². The Hall–Kier alpha value is -1.56. The molecule has 6 heteroatoms. The number of aromatic nitrogens is 1. The molecule has 98 valence electrons. The van der Waals surface area contributed by atoms with Crippen LogP contribution < -0.4 is 0 Å². The summed E-state index contributed by atoms with van der Waals surface area (Å²) in [5.41, 5.74) is 0.128. The maximum absolute atomic E-state index is 12.1. The number of hydrogen-bond acceptors (Lipinski definition) is 4. The average Bonchev–Trinajstić information content (AvgIpc) is 2.38. The average molecular weight is 268 g/mol. The quantitative estimate of drug-likeness (QED) is 0.794. The van der Waals surface area contributed by atoms with Crippen LogP contribution in [0.2, 0.25) is 0 Å². The number of carbonyl (C=O) groups excluding carboxylic acids is 1. The van der Waals surface area contributed by atoms with Crippen LogP contribution in [0, 0.1) is 0 Å². The summed E-state index contributed by atoms with van der Waals surface area (Å²) in [5.74, 6) is -0.445. The fourth-order valence-corrected chi connectivity index (χ4v) is 1.92. The molecular formula is C12H16N2O3S.